The van der Waals surface area contributed by atoms with Crippen molar-refractivity contribution in [1.82, 2.24) is 4.98 Å². The van der Waals surface area contributed by atoms with Crippen LogP contribution in [0.4, 0.5) is 13.2 Å². The SMILES string of the molecule is Cc1cnc(C(F)(F)CC(=O)O)c(F)c1. The minimum atomic E-state index is -3.79. The number of carboxylic acids is 1. The van der Waals surface area contributed by atoms with E-state index < -0.39 is 29.8 Å². The van der Waals surface area contributed by atoms with Crippen molar-refractivity contribution in [2.75, 3.05) is 0 Å². The molecule has 1 aromatic rings. The number of carboxylic acid groups (broad SMARTS) is 1. The number of carbonyl (C=O) groups is 1. The first-order valence-corrected chi connectivity index (χ1v) is 4.05. The summed E-state index contributed by atoms with van der Waals surface area (Å²) in [4.78, 5) is 13.4. The van der Waals surface area contributed by atoms with Crippen LogP contribution in [0.25, 0.3) is 0 Å². The molecule has 1 rings (SSSR count). The third-order valence-electron chi connectivity index (χ3n) is 1.70. The molecule has 0 amide bonds. The van der Waals surface area contributed by atoms with E-state index in [1.165, 1.54) is 6.92 Å². The Labute approximate surface area is 83.6 Å². The highest BCUT2D eigenvalue weighted by molar-refractivity contribution is 5.68. The third-order valence-corrected chi connectivity index (χ3v) is 1.70. The van der Waals surface area contributed by atoms with Crippen LogP contribution < -0.4 is 0 Å². The average molecular weight is 219 g/mol. The molecule has 0 spiro atoms. The van der Waals surface area contributed by atoms with Crippen LogP contribution in [-0.4, -0.2) is 16.1 Å². The van der Waals surface area contributed by atoms with Crippen molar-refractivity contribution in [2.45, 2.75) is 19.3 Å². The average Bonchev–Trinajstić information content (AvgIpc) is 1.99. The maximum atomic E-state index is 13.1. The van der Waals surface area contributed by atoms with Gasteiger partial charge < -0.3 is 5.11 Å². The molecule has 0 atom stereocenters. The Balaban J connectivity index is 3.09. The van der Waals surface area contributed by atoms with Crippen molar-refractivity contribution in [3.05, 3.63) is 29.3 Å². The Morgan fingerprint density at radius 1 is 1.60 bits per heavy atom. The molecule has 15 heavy (non-hydrogen) atoms. The van der Waals surface area contributed by atoms with Crippen LogP contribution in [0.1, 0.15) is 17.7 Å². The zero-order valence-corrected chi connectivity index (χ0v) is 7.80. The zero-order chi connectivity index (χ0) is 11.6. The molecule has 0 aliphatic carbocycles. The predicted molar refractivity (Wildman–Crippen MR) is 45.1 cm³/mol. The Bertz CT molecular complexity index is 393. The number of aryl methyl sites for hydroxylation is 1. The lowest BCUT2D eigenvalue weighted by atomic mass is 10.1. The number of hydrogen-bond donors (Lipinski definition) is 1. The molecule has 82 valence electrons. The number of pyridine rings is 1. The van der Waals surface area contributed by atoms with Crippen LogP contribution in [0.5, 0.6) is 0 Å². The van der Waals surface area contributed by atoms with Crippen molar-refractivity contribution < 1.29 is 23.1 Å². The first-order chi connectivity index (χ1) is 6.83. The third kappa shape index (κ3) is 2.68. The van der Waals surface area contributed by atoms with Crippen LogP contribution in [0.2, 0.25) is 0 Å². The number of rotatable bonds is 3. The molecule has 6 heteroatoms. The fourth-order valence-corrected chi connectivity index (χ4v) is 1.08. The summed E-state index contributed by atoms with van der Waals surface area (Å²) >= 11 is 0. The van der Waals surface area contributed by atoms with Gasteiger partial charge in [0, 0.05) is 6.20 Å². The van der Waals surface area contributed by atoms with Crippen molar-refractivity contribution in [1.29, 1.82) is 0 Å². The highest BCUT2D eigenvalue weighted by atomic mass is 19.3. The molecule has 0 unspecified atom stereocenters. The molecular formula is C9H8F3NO2. The van der Waals surface area contributed by atoms with Gasteiger partial charge in [0.15, 0.2) is 5.82 Å². The number of hydrogen-bond acceptors (Lipinski definition) is 2. The van der Waals surface area contributed by atoms with Crippen molar-refractivity contribution in [3.63, 3.8) is 0 Å². The molecule has 3 nitrogen and oxygen atoms in total. The summed E-state index contributed by atoms with van der Waals surface area (Å²) in [5, 5.41) is 8.23. The van der Waals surface area contributed by atoms with Crippen molar-refractivity contribution >= 4 is 5.97 Å². The van der Waals surface area contributed by atoms with Crippen molar-refractivity contribution in [3.8, 4) is 0 Å². The number of alkyl halides is 2. The monoisotopic (exact) mass is 219 g/mol. The molecule has 0 saturated heterocycles. The summed E-state index contributed by atoms with van der Waals surface area (Å²) < 4.78 is 39.3. The van der Waals surface area contributed by atoms with Crippen LogP contribution in [0.3, 0.4) is 0 Å². The van der Waals surface area contributed by atoms with E-state index in [0.717, 1.165) is 12.3 Å². The van der Waals surface area contributed by atoms with Gasteiger partial charge in [-0.2, -0.15) is 8.78 Å². The predicted octanol–water partition coefficient (Wildman–Crippen LogP) is 2.10. The summed E-state index contributed by atoms with van der Waals surface area (Å²) in [6.07, 6.45) is -0.409. The minimum absolute atomic E-state index is 0.391. The molecule has 0 aliphatic heterocycles. The molecule has 0 saturated carbocycles. The maximum Gasteiger partial charge on any atom is 0.309 e. The van der Waals surface area contributed by atoms with E-state index in [2.05, 4.69) is 4.98 Å². The molecule has 0 aliphatic rings. The Morgan fingerprint density at radius 2 is 2.20 bits per heavy atom. The summed E-state index contributed by atoms with van der Waals surface area (Å²) in [6.45, 7) is 1.50. The molecule has 0 bridgehead atoms. The van der Waals surface area contributed by atoms with E-state index >= 15 is 0 Å². The molecule has 1 aromatic heterocycles. The summed E-state index contributed by atoms with van der Waals surface area (Å²) in [6, 6.07) is 0.887. The smallest absolute Gasteiger partial charge is 0.309 e. The molecule has 1 heterocycles. The largest absolute Gasteiger partial charge is 0.481 e. The quantitative estimate of drug-likeness (QED) is 0.846. The van der Waals surface area contributed by atoms with Gasteiger partial charge in [-0.25, -0.2) is 4.39 Å². The second-order valence-electron chi connectivity index (χ2n) is 3.12. The van der Waals surface area contributed by atoms with Gasteiger partial charge in [0.2, 0.25) is 0 Å². The first-order valence-electron chi connectivity index (χ1n) is 4.05. The Morgan fingerprint density at radius 3 is 2.67 bits per heavy atom. The second-order valence-corrected chi connectivity index (χ2v) is 3.12. The van der Waals surface area contributed by atoms with Gasteiger partial charge in [0.25, 0.3) is 0 Å². The molecule has 0 radical (unpaired) electrons. The van der Waals surface area contributed by atoms with E-state index in [-0.39, 0.29) is 0 Å². The molecule has 1 N–H and O–H groups in total. The zero-order valence-electron chi connectivity index (χ0n) is 7.80. The second kappa shape index (κ2) is 3.88. The Kier molecular flexibility index (Phi) is 2.97. The maximum absolute atomic E-state index is 13.1. The lowest BCUT2D eigenvalue weighted by Crippen LogP contribution is -2.21. The Hall–Kier alpha value is -1.59. The van der Waals surface area contributed by atoms with Crippen LogP contribution >= 0.6 is 0 Å². The van der Waals surface area contributed by atoms with Crippen molar-refractivity contribution in [2.24, 2.45) is 0 Å². The first kappa shape index (κ1) is 11.5. The lowest BCUT2D eigenvalue weighted by molar-refractivity contribution is -0.146. The van der Waals surface area contributed by atoms with Gasteiger partial charge >= 0.3 is 11.9 Å². The van der Waals surface area contributed by atoms with Gasteiger partial charge in [-0.3, -0.25) is 9.78 Å². The fourth-order valence-electron chi connectivity index (χ4n) is 1.08. The van der Waals surface area contributed by atoms with E-state index in [1.54, 1.807) is 0 Å². The van der Waals surface area contributed by atoms with Crippen LogP contribution in [0.15, 0.2) is 12.3 Å². The van der Waals surface area contributed by atoms with Gasteiger partial charge in [-0.05, 0) is 18.6 Å². The van der Waals surface area contributed by atoms with Gasteiger partial charge in [0.05, 0.1) is 0 Å². The topological polar surface area (TPSA) is 50.2 Å². The standard InChI is InChI=1S/C9H8F3NO2/c1-5-2-6(10)8(13-4-5)9(11,12)3-7(14)15/h2,4H,3H2,1H3,(H,14,15). The minimum Gasteiger partial charge on any atom is -0.481 e. The number of halogens is 3. The summed E-state index contributed by atoms with van der Waals surface area (Å²) in [7, 11) is 0. The highest BCUT2D eigenvalue weighted by Crippen LogP contribution is 2.31. The van der Waals surface area contributed by atoms with Crippen LogP contribution in [-0.2, 0) is 10.7 Å². The van der Waals surface area contributed by atoms with E-state index in [0.29, 0.717) is 5.56 Å². The van der Waals surface area contributed by atoms with E-state index in [1.807, 2.05) is 0 Å². The van der Waals surface area contributed by atoms with Crippen LogP contribution in [0, 0.1) is 12.7 Å². The summed E-state index contributed by atoms with van der Waals surface area (Å²) in [5.41, 5.74) is -0.738. The lowest BCUT2D eigenvalue weighted by Gasteiger charge is -2.13. The normalized spacial score (nSPS) is 11.5. The molecule has 0 fully saturated rings. The summed E-state index contributed by atoms with van der Waals surface area (Å²) in [5.74, 6) is -6.69. The van der Waals surface area contributed by atoms with E-state index in [4.69, 9.17) is 5.11 Å². The number of nitrogens with zero attached hydrogens (tertiary/aromatic N) is 1. The molecule has 0 aromatic carbocycles. The molecular weight excluding hydrogens is 211 g/mol. The van der Waals surface area contributed by atoms with E-state index in [9.17, 15) is 18.0 Å². The van der Waals surface area contributed by atoms with Gasteiger partial charge in [-0.1, -0.05) is 0 Å². The van der Waals surface area contributed by atoms with Gasteiger partial charge in [0.1, 0.15) is 12.1 Å². The fraction of sp³-hybridized carbons (Fsp3) is 0.333. The van der Waals surface area contributed by atoms with Gasteiger partial charge in [-0.15, -0.1) is 0 Å². The number of aromatic nitrogens is 1. The number of aliphatic carboxylic acids is 1. The highest BCUT2D eigenvalue weighted by Gasteiger charge is 2.38.